The van der Waals surface area contributed by atoms with Crippen molar-refractivity contribution >= 4 is 11.9 Å². The van der Waals surface area contributed by atoms with Crippen LogP contribution in [-0.4, -0.2) is 197 Å². The minimum atomic E-state index is -0.650. The van der Waals surface area contributed by atoms with Crippen LogP contribution >= 0.6 is 0 Å². The summed E-state index contributed by atoms with van der Waals surface area (Å²) in [5, 5.41) is 0. The number of carbonyl (C=O) groups excluding carboxylic acids is 2. The van der Waals surface area contributed by atoms with Gasteiger partial charge in [0.2, 0.25) is 0 Å². The maximum Gasteiger partial charge on any atom is 0.306 e. The molecule has 0 rings (SSSR count). The Morgan fingerprint density at radius 2 is 0.507 bits per heavy atom. The van der Waals surface area contributed by atoms with E-state index in [1.165, 1.54) is 103 Å². The molecular weight excluding hydrogens is 945 g/mol. The van der Waals surface area contributed by atoms with Crippen LogP contribution in [0.4, 0.5) is 0 Å². The molecule has 0 aliphatic rings. The van der Waals surface area contributed by atoms with Crippen LogP contribution in [0.15, 0.2) is 0 Å². The molecule has 0 amide bonds. The second-order valence-electron chi connectivity index (χ2n) is 18.2. The second-order valence-corrected chi connectivity index (χ2v) is 18.2. The fraction of sp³-hybridized carbons (Fsp3) is 0.964. The highest BCUT2D eigenvalue weighted by Gasteiger charge is 2.18. The Morgan fingerprint density at radius 1 is 0.274 bits per heavy atom. The topological polar surface area (TPSA) is 173 Å². The van der Waals surface area contributed by atoms with Crippen LogP contribution in [0, 0.1) is 0 Å². The first-order valence-corrected chi connectivity index (χ1v) is 28.9. The van der Waals surface area contributed by atoms with Gasteiger partial charge in [-0.05, 0) is 12.8 Å². The molecule has 17 heteroatoms. The lowest BCUT2D eigenvalue weighted by Gasteiger charge is -2.18. The summed E-state index contributed by atoms with van der Waals surface area (Å²) in [6, 6.07) is 0. The Bertz CT molecular complexity index is 1060. The van der Waals surface area contributed by atoms with E-state index in [1.54, 1.807) is 7.11 Å². The number of esters is 2. The van der Waals surface area contributed by atoms with Crippen molar-refractivity contribution in [3.8, 4) is 0 Å². The summed E-state index contributed by atoms with van der Waals surface area (Å²) in [6.07, 6.45) is 26.9. The SMILES string of the molecule is CCCCCCCCCCCCCC(=O)OCC(COCCOCCOCCOCCOCCOCCOCCOCCOCCOCCOCCOCCOC)OC(=O)CCCCCCCCCCCCC. The summed E-state index contributed by atoms with van der Waals surface area (Å²) in [7, 11) is 1.64. The highest BCUT2D eigenvalue weighted by molar-refractivity contribution is 5.70. The van der Waals surface area contributed by atoms with Crippen LogP contribution in [-0.2, 0) is 80.6 Å². The third kappa shape index (κ3) is 62.9. The zero-order valence-corrected chi connectivity index (χ0v) is 46.9. The van der Waals surface area contributed by atoms with Crippen molar-refractivity contribution in [1.82, 2.24) is 0 Å². The summed E-state index contributed by atoms with van der Waals surface area (Å²) in [5.74, 6) is -0.527. The Labute approximate surface area is 444 Å². The molecule has 0 bridgehead atoms. The molecule has 0 N–H and O–H groups in total. The van der Waals surface area contributed by atoms with Crippen LogP contribution in [0.3, 0.4) is 0 Å². The van der Waals surface area contributed by atoms with Crippen LogP contribution in [0.2, 0.25) is 0 Å². The van der Waals surface area contributed by atoms with Crippen molar-refractivity contribution in [3.05, 3.63) is 0 Å². The van der Waals surface area contributed by atoms with Gasteiger partial charge in [-0.3, -0.25) is 9.59 Å². The van der Waals surface area contributed by atoms with Gasteiger partial charge in [-0.1, -0.05) is 142 Å². The minimum Gasteiger partial charge on any atom is -0.462 e. The molecule has 1 atom stereocenters. The fourth-order valence-electron chi connectivity index (χ4n) is 7.26. The Morgan fingerprint density at radius 3 is 0.781 bits per heavy atom. The van der Waals surface area contributed by atoms with Crippen molar-refractivity contribution in [2.45, 2.75) is 174 Å². The Balaban J connectivity index is 3.82. The van der Waals surface area contributed by atoms with E-state index in [4.69, 9.17) is 71.1 Å². The van der Waals surface area contributed by atoms with Crippen molar-refractivity contribution < 1.29 is 80.6 Å². The monoisotopic (exact) mass is 1050 g/mol. The van der Waals surface area contributed by atoms with Gasteiger partial charge in [0, 0.05) is 20.0 Å². The Kier molecular flexibility index (Phi) is 63.3. The van der Waals surface area contributed by atoms with Gasteiger partial charge in [-0.15, -0.1) is 0 Å². The van der Waals surface area contributed by atoms with Gasteiger partial charge in [0.25, 0.3) is 0 Å². The van der Waals surface area contributed by atoms with Crippen LogP contribution in [0.1, 0.15) is 168 Å². The van der Waals surface area contributed by atoms with Gasteiger partial charge in [0.15, 0.2) is 6.10 Å². The number of carbonyl (C=O) groups is 2. The second kappa shape index (κ2) is 64.7. The number of hydrogen-bond donors (Lipinski definition) is 0. The summed E-state index contributed by atoms with van der Waals surface area (Å²) >= 11 is 0. The number of rotatable bonds is 65. The van der Waals surface area contributed by atoms with Gasteiger partial charge in [0.05, 0.1) is 165 Å². The lowest BCUT2D eigenvalue weighted by molar-refractivity contribution is -0.163. The first-order valence-electron chi connectivity index (χ1n) is 28.9. The zero-order chi connectivity index (χ0) is 52.7. The highest BCUT2D eigenvalue weighted by Crippen LogP contribution is 2.14. The van der Waals surface area contributed by atoms with Crippen molar-refractivity contribution in [1.29, 1.82) is 0 Å². The van der Waals surface area contributed by atoms with Gasteiger partial charge < -0.3 is 71.1 Å². The molecule has 0 saturated carbocycles. The Hall–Kier alpha value is -1.58. The molecule has 0 aromatic rings. The average Bonchev–Trinajstić information content (AvgIpc) is 3.39. The van der Waals surface area contributed by atoms with Crippen LogP contribution in [0.25, 0.3) is 0 Å². The number of unbranched alkanes of at least 4 members (excludes halogenated alkanes) is 20. The van der Waals surface area contributed by atoms with E-state index >= 15 is 0 Å². The maximum absolute atomic E-state index is 12.7. The van der Waals surface area contributed by atoms with Gasteiger partial charge in [0.1, 0.15) is 6.61 Å². The van der Waals surface area contributed by atoms with Crippen LogP contribution in [0.5, 0.6) is 0 Å². The first-order chi connectivity index (χ1) is 36.1. The van der Waals surface area contributed by atoms with E-state index in [1.807, 2.05) is 0 Å². The normalized spacial score (nSPS) is 12.0. The molecule has 436 valence electrons. The molecule has 73 heavy (non-hydrogen) atoms. The number of ether oxygens (including phenoxy) is 15. The average molecular weight is 1060 g/mol. The standard InChI is InChI=1S/C56H110O17/c1-4-6-8-10-12-14-16-18-20-22-24-26-55(57)72-53-54(73-56(58)27-25-23-21-19-17-15-13-11-9-7-5-2)52-71-51-50-70-49-48-69-47-46-68-45-44-67-43-42-66-41-40-65-39-38-64-37-36-63-35-34-62-33-32-61-31-30-60-29-28-59-3/h54H,4-53H2,1-3H3. The molecular formula is C56H110O17. The predicted octanol–water partition coefficient (Wildman–Crippen LogP) is 9.69. The fourth-order valence-corrected chi connectivity index (χ4v) is 7.26. The maximum atomic E-state index is 12.7. The van der Waals surface area contributed by atoms with Crippen LogP contribution < -0.4 is 0 Å². The smallest absolute Gasteiger partial charge is 0.306 e. The summed E-state index contributed by atoms with van der Waals surface area (Å²) < 4.78 is 82.6. The molecule has 0 heterocycles. The lowest BCUT2D eigenvalue weighted by Crippen LogP contribution is -2.30. The predicted molar refractivity (Wildman–Crippen MR) is 285 cm³/mol. The van der Waals surface area contributed by atoms with Gasteiger partial charge >= 0.3 is 11.9 Å². The van der Waals surface area contributed by atoms with E-state index in [0.29, 0.717) is 171 Å². The van der Waals surface area contributed by atoms with E-state index < -0.39 is 6.10 Å². The van der Waals surface area contributed by atoms with E-state index in [2.05, 4.69) is 13.8 Å². The molecule has 0 aromatic heterocycles. The molecule has 0 fully saturated rings. The van der Waals surface area contributed by atoms with E-state index in [-0.39, 0.29) is 25.2 Å². The quantitative estimate of drug-likeness (QED) is 0.0416. The highest BCUT2D eigenvalue weighted by atomic mass is 16.6. The van der Waals surface area contributed by atoms with Crippen molar-refractivity contribution in [3.63, 3.8) is 0 Å². The molecule has 1 unspecified atom stereocenters. The first kappa shape index (κ1) is 71.4. The van der Waals surface area contributed by atoms with Crippen molar-refractivity contribution in [2.24, 2.45) is 0 Å². The number of methoxy groups -OCH3 is 1. The van der Waals surface area contributed by atoms with E-state index in [9.17, 15) is 9.59 Å². The zero-order valence-electron chi connectivity index (χ0n) is 46.9. The summed E-state index contributed by atoms with van der Waals surface area (Å²) in [5.41, 5.74) is 0. The third-order valence-electron chi connectivity index (χ3n) is 11.5. The third-order valence-corrected chi connectivity index (χ3v) is 11.5. The molecule has 0 saturated heterocycles. The molecule has 0 aromatic carbocycles. The molecule has 0 spiro atoms. The van der Waals surface area contributed by atoms with E-state index in [0.717, 1.165) is 38.5 Å². The minimum absolute atomic E-state index is 0.00463. The van der Waals surface area contributed by atoms with Crippen molar-refractivity contribution in [2.75, 3.05) is 179 Å². The lowest BCUT2D eigenvalue weighted by atomic mass is 10.1. The molecule has 0 aliphatic heterocycles. The largest absolute Gasteiger partial charge is 0.462 e. The molecule has 0 aliphatic carbocycles. The molecule has 0 radical (unpaired) electrons. The number of hydrogen-bond acceptors (Lipinski definition) is 17. The van der Waals surface area contributed by atoms with Gasteiger partial charge in [-0.2, -0.15) is 0 Å². The molecule has 17 nitrogen and oxygen atoms in total. The summed E-state index contributed by atoms with van der Waals surface area (Å²) in [6.45, 7) is 16.2. The van der Waals surface area contributed by atoms with Gasteiger partial charge in [-0.25, -0.2) is 0 Å². The summed E-state index contributed by atoms with van der Waals surface area (Å²) in [4.78, 5) is 25.3.